The lowest BCUT2D eigenvalue weighted by Gasteiger charge is -2.51. The predicted octanol–water partition coefficient (Wildman–Crippen LogP) is 4.74. The van der Waals surface area contributed by atoms with Gasteiger partial charge in [-0.3, -0.25) is 4.55 Å². The Kier molecular flexibility index (Phi) is 4.94. The van der Waals surface area contributed by atoms with Crippen LogP contribution >= 0.6 is 0 Å². The second kappa shape index (κ2) is 6.00. The zero-order valence-electron chi connectivity index (χ0n) is 13.7. The molecule has 0 radical (unpaired) electrons. The normalized spacial score (nSPS) is 39.7. The first-order valence-electron chi connectivity index (χ1n) is 8.32. The molecule has 0 aromatic carbocycles. The van der Waals surface area contributed by atoms with Gasteiger partial charge in [-0.05, 0) is 54.8 Å². The van der Waals surface area contributed by atoms with Crippen LogP contribution in [0.2, 0.25) is 0 Å². The number of fused-ring (bicyclic) bond motifs is 2. The van der Waals surface area contributed by atoms with Crippen LogP contribution in [0.4, 0.5) is 8.78 Å². The maximum absolute atomic E-state index is 13.8. The molecule has 0 amide bonds. The molecule has 22 heavy (non-hydrogen) atoms. The number of rotatable bonds is 5. The first-order chi connectivity index (χ1) is 9.97. The third-order valence-corrected chi connectivity index (χ3v) is 6.75. The monoisotopic (exact) mass is 338 g/mol. The summed E-state index contributed by atoms with van der Waals surface area (Å²) in [4.78, 5) is 0. The largest absolute Gasteiger partial charge is 0.370 e. The van der Waals surface area contributed by atoms with Crippen molar-refractivity contribution in [2.24, 2.45) is 29.1 Å². The van der Waals surface area contributed by atoms with Crippen LogP contribution in [-0.2, 0) is 10.1 Å². The predicted molar refractivity (Wildman–Crippen MR) is 82.2 cm³/mol. The third-order valence-electron chi connectivity index (χ3n) is 5.85. The van der Waals surface area contributed by atoms with Gasteiger partial charge in [-0.25, -0.2) is 0 Å². The van der Waals surface area contributed by atoms with Crippen molar-refractivity contribution >= 4 is 10.1 Å². The molecule has 6 heteroatoms. The Morgan fingerprint density at radius 3 is 2.45 bits per heavy atom. The molecule has 2 rings (SSSR count). The fraction of sp³-hybridized carbons (Fsp3) is 1.00. The van der Waals surface area contributed by atoms with Crippen molar-refractivity contribution in [3.05, 3.63) is 0 Å². The van der Waals surface area contributed by atoms with E-state index >= 15 is 0 Å². The summed E-state index contributed by atoms with van der Waals surface area (Å²) in [6, 6.07) is 0. The van der Waals surface area contributed by atoms with Crippen molar-refractivity contribution in [1.82, 2.24) is 0 Å². The van der Waals surface area contributed by atoms with Gasteiger partial charge in [0.2, 0.25) is 0 Å². The van der Waals surface area contributed by atoms with E-state index in [1.807, 2.05) is 0 Å². The van der Waals surface area contributed by atoms with Crippen LogP contribution in [-0.4, -0.2) is 18.2 Å². The molecule has 2 saturated carbocycles. The maximum Gasteiger partial charge on any atom is 0.370 e. The summed E-state index contributed by atoms with van der Waals surface area (Å²) in [7, 11) is -5.33. The smallest absolute Gasteiger partial charge is 0.281 e. The van der Waals surface area contributed by atoms with Gasteiger partial charge in [0.15, 0.2) is 0 Å². The highest BCUT2D eigenvalue weighted by Gasteiger charge is 2.53. The summed E-state index contributed by atoms with van der Waals surface area (Å²) < 4.78 is 58.3. The Labute approximate surface area is 132 Å². The fourth-order valence-corrected chi connectivity index (χ4v) is 5.80. The van der Waals surface area contributed by atoms with E-state index in [-0.39, 0.29) is 0 Å². The van der Waals surface area contributed by atoms with Crippen LogP contribution in [0.1, 0.15) is 65.7 Å². The molecule has 0 aromatic heterocycles. The molecule has 0 saturated heterocycles. The minimum absolute atomic E-state index is 0.407. The van der Waals surface area contributed by atoms with Crippen LogP contribution < -0.4 is 0 Å². The summed E-state index contributed by atoms with van der Waals surface area (Å²) in [6.45, 7) is 6.17. The second-order valence-corrected chi connectivity index (χ2v) is 9.58. The molecule has 5 atom stereocenters. The molecule has 2 fully saturated rings. The average Bonchev–Trinajstić information content (AvgIpc) is 2.30. The standard InChI is InChI=1S/C16H28F2O3S/c1-4-5-14-11(2)6-12-7-13(14)9-15(3,8-12)10-16(17,18)22(19,20)21/h11-14H,4-10H2,1-3H3,(H,19,20,21). The zero-order chi connectivity index (χ0) is 16.8. The maximum atomic E-state index is 13.8. The minimum Gasteiger partial charge on any atom is -0.281 e. The Hall–Kier alpha value is -0.230. The Balaban J connectivity index is 2.17. The molecule has 2 aliphatic carbocycles. The van der Waals surface area contributed by atoms with Crippen LogP contribution in [0.3, 0.4) is 0 Å². The molecular formula is C16H28F2O3S. The van der Waals surface area contributed by atoms with Gasteiger partial charge in [0.25, 0.3) is 0 Å². The number of halogens is 2. The Bertz CT molecular complexity index is 504. The van der Waals surface area contributed by atoms with E-state index in [0.717, 1.165) is 25.7 Å². The molecule has 0 aliphatic heterocycles. The summed E-state index contributed by atoms with van der Waals surface area (Å²) in [6.07, 6.45) is 4.86. The highest BCUT2D eigenvalue weighted by molar-refractivity contribution is 7.86. The Morgan fingerprint density at radius 1 is 1.27 bits per heavy atom. The first kappa shape index (κ1) is 18.1. The number of alkyl halides is 2. The first-order valence-corrected chi connectivity index (χ1v) is 9.76. The summed E-state index contributed by atoms with van der Waals surface area (Å²) in [5.74, 6) is 1.99. The lowest BCUT2D eigenvalue weighted by Crippen LogP contribution is -2.44. The highest BCUT2D eigenvalue weighted by atomic mass is 32.2. The van der Waals surface area contributed by atoms with E-state index in [0.29, 0.717) is 36.5 Å². The van der Waals surface area contributed by atoms with Crippen molar-refractivity contribution in [3.63, 3.8) is 0 Å². The lowest BCUT2D eigenvalue weighted by molar-refractivity contribution is -0.0478. The SMILES string of the molecule is CCCC1C(C)CC2CC1CC(C)(CC(F)(F)S(=O)(=O)O)C2. The van der Waals surface area contributed by atoms with Crippen LogP contribution in [0.15, 0.2) is 0 Å². The van der Waals surface area contributed by atoms with Gasteiger partial charge >= 0.3 is 15.4 Å². The fourth-order valence-electron chi connectivity index (χ4n) is 5.26. The van der Waals surface area contributed by atoms with E-state index < -0.39 is 27.2 Å². The van der Waals surface area contributed by atoms with E-state index in [9.17, 15) is 17.2 Å². The van der Waals surface area contributed by atoms with Crippen LogP contribution in [0.25, 0.3) is 0 Å². The van der Waals surface area contributed by atoms with Gasteiger partial charge in [0.05, 0.1) is 0 Å². The highest BCUT2D eigenvalue weighted by Crippen LogP contribution is 2.56. The van der Waals surface area contributed by atoms with Crippen LogP contribution in [0.5, 0.6) is 0 Å². The zero-order valence-corrected chi connectivity index (χ0v) is 14.5. The van der Waals surface area contributed by atoms with Crippen molar-refractivity contribution in [2.45, 2.75) is 71.0 Å². The van der Waals surface area contributed by atoms with Gasteiger partial charge < -0.3 is 0 Å². The van der Waals surface area contributed by atoms with E-state index in [2.05, 4.69) is 13.8 Å². The second-order valence-electron chi connectivity index (χ2n) is 8.04. The molecule has 0 aromatic rings. The van der Waals surface area contributed by atoms with E-state index in [4.69, 9.17) is 4.55 Å². The van der Waals surface area contributed by atoms with Crippen molar-refractivity contribution < 1.29 is 21.8 Å². The molecule has 1 N–H and O–H groups in total. The van der Waals surface area contributed by atoms with Gasteiger partial charge in [-0.15, -0.1) is 0 Å². The third kappa shape index (κ3) is 3.64. The Morgan fingerprint density at radius 2 is 1.91 bits per heavy atom. The summed E-state index contributed by atoms with van der Waals surface area (Å²) >= 11 is 0. The summed E-state index contributed by atoms with van der Waals surface area (Å²) in [5, 5.41) is -4.04. The minimum atomic E-state index is -5.33. The van der Waals surface area contributed by atoms with Gasteiger partial charge in [0.1, 0.15) is 0 Å². The number of hydrogen-bond donors (Lipinski definition) is 1. The van der Waals surface area contributed by atoms with Gasteiger partial charge in [-0.2, -0.15) is 17.2 Å². The van der Waals surface area contributed by atoms with Crippen molar-refractivity contribution in [3.8, 4) is 0 Å². The lowest BCUT2D eigenvalue weighted by atomic mass is 9.54. The van der Waals surface area contributed by atoms with E-state index in [1.165, 1.54) is 0 Å². The van der Waals surface area contributed by atoms with Crippen molar-refractivity contribution in [2.75, 3.05) is 0 Å². The molecule has 3 nitrogen and oxygen atoms in total. The molecule has 2 aliphatic rings. The quantitative estimate of drug-likeness (QED) is 0.737. The van der Waals surface area contributed by atoms with Gasteiger partial charge in [-0.1, -0.05) is 33.6 Å². The molecule has 0 heterocycles. The molecule has 2 bridgehead atoms. The molecular weight excluding hydrogens is 310 g/mol. The average molecular weight is 338 g/mol. The summed E-state index contributed by atoms with van der Waals surface area (Å²) in [5.41, 5.74) is -0.709. The molecule has 130 valence electrons. The number of hydrogen-bond acceptors (Lipinski definition) is 2. The topological polar surface area (TPSA) is 54.4 Å². The van der Waals surface area contributed by atoms with E-state index in [1.54, 1.807) is 6.92 Å². The van der Waals surface area contributed by atoms with Crippen molar-refractivity contribution in [1.29, 1.82) is 0 Å². The van der Waals surface area contributed by atoms with Gasteiger partial charge in [0, 0.05) is 6.42 Å². The van der Waals surface area contributed by atoms with Crippen LogP contribution in [0, 0.1) is 29.1 Å². The molecule has 0 spiro atoms. The molecule has 5 unspecified atom stereocenters.